The first kappa shape index (κ1) is 16.6. The smallest absolute Gasteiger partial charge is 0.279 e. The Kier molecular flexibility index (Phi) is 6.61. The van der Waals surface area contributed by atoms with E-state index >= 15 is 0 Å². The molecule has 0 saturated heterocycles. The number of nitriles is 1. The number of nitrogens with zero attached hydrogens (tertiary/aromatic N) is 2. The third-order valence-electron chi connectivity index (χ3n) is 2.71. The third kappa shape index (κ3) is 5.27. The maximum atomic E-state index is 11.9. The Bertz CT molecular complexity index is 566. The summed E-state index contributed by atoms with van der Waals surface area (Å²) in [5.41, 5.74) is 1.85. The summed E-state index contributed by atoms with van der Waals surface area (Å²) in [4.78, 5) is 0. The van der Waals surface area contributed by atoms with Gasteiger partial charge < -0.3 is 4.74 Å². The van der Waals surface area contributed by atoms with Crippen LogP contribution in [-0.4, -0.2) is 33.4 Å². The van der Waals surface area contributed by atoms with Gasteiger partial charge in [-0.05, 0) is 11.1 Å². The van der Waals surface area contributed by atoms with Crippen molar-refractivity contribution < 1.29 is 13.2 Å². The van der Waals surface area contributed by atoms with Gasteiger partial charge >= 0.3 is 0 Å². The fourth-order valence-corrected chi connectivity index (χ4v) is 2.51. The van der Waals surface area contributed by atoms with Crippen LogP contribution in [0.5, 0.6) is 0 Å². The Morgan fingerprint density at radius 1 is 1.40 bits per heavy atom. The Hall–Kier alpha value is -1.46. The molecule has 0 saturated carbocycles. The molecule has 1 aromatic carbocycles. The molecule has 0 aliphatic rings. The van der Waals surface area contributed by atoms with E-state index < -0.39 is 10.2 Å². The minimum Gasteiger partial charge on any atom is -0.380 e. The lowest BCUT2D eigenvalue weighted by Gasteiger charge is -2.16. The number of rotatable bonds is 8. The predicted molar refractivity (Wildman–Crippen MR) is 75.8 cm³/mol. The van der Waals surface area contributed by atoms with Crippen LogP contribution in [-0.2, 0) is 28.1 Å². The first-order chi connectivity index (χ1) is 9.49. The van der Waals surface area contributed by atoms with Crippen LogP contribution in [0.25, 0.3) is 0 Å². The second kappa shape index (κ2) is 7.97. The molecule has 1 N–H and O–H groups in total. The Labute approximate surface area is 120 Å². The summed E-state index contributed by atoms with van der Waals surface area (Å²) in [7, 11) is -0.499. The monoisotopic (exact) mass is 297 g/mol. The highest BCUT2D eigenvalue weighted by molar-refractivity contribution is 7.87. The predicted octanol–water partition coefficient (Wildman–Crippen LogP) is 1.01. The van der Waals surface area contributed by atoms with E-state index in [4.69, 9.17) is 10.00 Å². The van der Waals surface area contributed by atoms with Crippen molar-refractivity contribution in [2.45, 2.75) is 19.6 Å². The molecule has 110 valence electrons. The van der Waals surface area contributed by atoms with Crippen LogP contribution >= 0.6 is 0 Å². The van der Waals surface area contributed by atoms with Gasteiger partial charge in [0.15, 0.2) is 0 Å². The first-order valence-electron chi connectivity index (χ1n) is 6.14. The van der Waals surface area contributed by atoms with Gasteiger partial charge in [-0.15, -0.1) is 0 Å². The minimum absolute atomic E-state index is 0.167. The van der Waals surface area contributed by atoms with Gasteiger partial charge in [-0.2, -0.15) is 22.7 Å². The van der Waals surface area contributed by atoms with Crippen molar-refractivity contribution in [2.75, 3.05) is 20.7 Å². The number of methoxy groups -OCH3 is 1. The lowest BCUT2D eigenvalue weighted by Crippen LogP contribution is -2.38. The summed E-state index contributed by atoms with van der Waals surface area (Å²) < 4.78 is 32.5. The molecule has 0 aromatic heterocycles. The molecule has 20 heavy (non-hydrogen) atoms. The van der Waals surface area contributed by atoms with Crippen molar-refractivity contribution in [1.29, 1.82) is 5.26 Å². The molecule has 0 amide bonds. The van der Waals surface area contributed by atoms with Crippen LogP contribution < -0.4 is 4.72 Å². The van der Waals surface area contributed by atoms with Crippen molar-refractivity contribution in [2.24, 2.45) is 0 Å². The average Bonchev–Trinajstić information content (AvgIpc) is 2.43. The van der Waals surface area contributed by atoms with E-state index in [2.05, 4.69) is 4.72 Å². The van der Waals surface area contributed by atoms with Crippen molar-refractivity contribution >= 4 is 10.2 Å². The fourth-order valence-electron chi connectivity index (χ4n) is 1.61. The largest absolute Gasteiger partial charge is 0.380 e. The molecule has 0 bridgehead atoms. The number of benzene rings is 1. The van der Waals surface area contributed by atoms with Crippen molar-refractivity contribution in [3.8, 4) is 6.07 Å². The molecular formula is C13H19N3O3S. The van der Waals surface area contributed by atoms with Crippen LogP contribution in [0.15, 0.2) is 24.3 Å². The molecule has 1 rings (SSSR count). The van der Waals surface area contributed by atoms with Crippen LogP contribution in [0, 0.1) is 11.3 Å². The third-order valence-corrected chi connectivity index (χ3v) is 4.22. The fraction of sp³-hybridized carbons (Fsp3) is 0.462. The molecule has 0 aliphatic carbocycles. The van der Waals surface area contributed by atoms with E-state index in [9.17, 15) is 8.42 Å². The van der Waals surface area contributed by atoms with E-state index in [1.165, 1.54) is 7.05 Å². The zero-order chi connectivity index (χ0) is 15.0. The van der Waals surface area contributed by atoms with Gasteiger partial charge in [0, 0.05) is 33.7 Å². The number of hydrogen-bond donors (Lipinski definition) is 1. The highest BCUT2D eigenvalue weighted by Crippen LogP contribution is 2.07. The number of hydrogen-bond acceptors (Lipinski definition) is 4. The van der Waals surface area contributed by atoms with E-state index in [0.717, 1.165) is 15.4 Å². The average molecular weight is 297 g/mol. The summed E-state index contributed by atoms with van der Waals surface area (Å²) in [6, 6.07) is 9.43. The van der Waals surface area contributed by atoms with Gasteiger partial charge in [-0.3, -0.25) is 0 Å². The molecule has 0 unspecified atom stereocenters. The summed E-state index contributed by atoms with van der Waals surface area (Å²) in [6.45, 7) is 0.870. The summed E-state index contributed by atoms with van der Waals surface area (Å²) in [5, 5.41) is 8.47. The molecule has 0 atom stereocenters. The topological polar surface area (TPSA) is 82.4 Å². The van der Waals surface area contributed by atoms with E-state index in [1.54, 1.807) is 7.11 Å². The van der Waals surface area contributed by atoms with Crippen molar-refractivity contribution in [3.05, 3.63) is 35.4 Å². The zero-order valence-electron chi connectivity index (χ0n) is 11.7. The minimum atomic E-state index is -3.55. The molecule has 6 nitrogen and oxygen atoms in total. The second-order valence-corrected chi connectivity index (χ2v) is 6.17. The Morgan fingerprint density at radius 2 is 2.10 bits per heavy atom. The summed E-state index contributed by atoms with van der Waals surface area (Å²) in [5.74, 6) is 0. The van der Waals surface area contributed by atoms with E-state index in [1.807, 2.05) is 30.3 Å². The highest BCUT2D eigenvalue weighted by Gasteiger charge is 2.16. The second-order valence-electron chi connectivity index (χ2n) is 4.31. The van der Waals surface area contributed by atoms with E-state index in [-0.39, 0.29) is 19.5 Å². The summed E-state index contributed by atoms with van der Waals surface area (Å²) in [6.07, 6.45) is 0.167. The van der Waals surface area contributed by atoms with Gasteiger partial charge in [0.05, 0.1) is 12.7 Å². The Balaban J connectivity index is 2.62. The molecule has 0 radical (unpaired) electrons. The van der Waals surface area contributed by atoms with Gasteiger partial charge in [0.1, 0.15) is 0 Å². The Morgan fingerprint density at radius 3 is 2.75 bits per heavy atom. The SMILES string of the molecule is COCc1cccc(CNS(=O)(=O)N(C)CCC#N)c1. The normalized spacial score (nSPS) is 11.5. The first-order valence-corrected chi connectivity index (χ1v) is 7.58. The molecule has 1 aromatic rings. The summed E-state index contributed by atoms with van der Waals surface area (Å²) >= 11 is 0. The van der Waals surface area contributed by atoms with Gasteiger partial charge in [0.25, 0.3) is 10.2 Å². The molecule has 0 fully saturated rings. The zero-order valence-corrected chi connectivity index (χ0v) is 12.5. The van der Waals surface area contributed by atoms with Crippen molar-refractivity contribution in [3.63, 3.8) is 0 Å². The standard InChI is InChI=1S/C13H19N3O3S/c1-16(8-4-7-14)20(17,18)15-10-12-5-3-6-13(9-12)11-19-2/h3,5-6,9,15H,4,8,10-11H2,1-2H3. The van der Waals surface area contributed by atoms with Crippen molar-refractivity contribution in [1.82, 2.24) is 9.03 Å². The van der Waals surface area contributed by atoms with Crippen LogP contribution in [0.3, 0.4) is 0 Å². The maximum Gasteiger partial charge on any atom is 0.279 e. The van der Waals surface area contributed by atoms with Gasteiger partial charge in [-0.25, -0.2) is 0 Å². The van der Waals surface area contributed by atoms with E-state index in [0.29, 0.717) is 6.61 Å². The number of nitrogens with one attached hydrogen (secondary N) is 1. The number of ether oxygens (including phenoxy) is 1. The lowest BCUT2D eigenvalue weighted by atomic mass is 10.1. The molecule has 0 aliphatic heterocycles. The van der Waals surface area contributed by atoms with Gasteiger partial charge in [0.2, 0.25) is 0 Å². The lowest BCUT2D eigenvalue weighted by molar-refractivity contribution is 0.185. The quantitative estimate of drug-likeness (QED) is 0.776. The van der Waals surface area contributed by atoms with Crippen LogP contribution in [0.2, 0.25) is 0 Å². The molecule has 0 heterocycles. The maximum absolute atomic E-state index is 11.9. The van der Waals surface area contributed by atoms with Crippen LogP contribution in [0.4, 0.5) is 0 Å². The molecule has 0 spiro atoms. The highest BCUT2D eigenvalue weighted by atomic mass is 32.2. The van der Waals surface area contributed by atoms with Crippen LogP contribution in [0.1, 0.15) is 17.5 Å². The van der Waals surface area contributed by atoms with Gasteiger partial charge in [-0.1, -0.05) is 24.3 Å². The molecular weight excluding hydrogens is 278 g/mol. The molecule has 7 heteroatoms.